The van der Waals surface area contributed by atoms with Crippen LogP contribution in [-0.4, -0.2) is 34.4 Å². The molecule has 1 aliphatic rings. The topological polar surface area (TPSA) is 113 Å². The number of hydrogen-bond acceptors (Lipinski definition) is 5. The zero-order valence-corrected chi connectivity index (χ0v) is 19.1. The molecule has 33 heavy (non-hydrogen) atoms. The standard InChI is InChI=1S/C24H21N3O4S2/c25-23(32)14-9-15(33-13-14)11-26-21(28)12-27-20-8-4-3-6-17(20)19(10-22(29)30)16-5-1-2-7-18(16)24(27)31/h1-9,13,19H,10-12H2,(H2,25,32)(H,26,28)(H,29,30). The second-order valence-corrected chi connectivity index (χ2v) is 9.07. The maximum absolute atomic E-state index is 13.5. The number of carbonyl (C=O) groups is 3. The van der Waals surface area contributed by atoms with Gasteiger partial charge in [0.15, 0.2) is 0 Å². The number of amides is 2. The number of hydrogen-bond donors (Lipinski definition) is 3. The molecule has 1 aliphatic heterocycles. The lowest BCUT2D eigenvalue weighted by Crippen LogP contribution is -2.40. The number of carboxylic acid groups (broad SMARTS) is 1. The van der Waals surface area contributed by atoms with Crippen LogP contribution >= 0.6 is 23.6 Å². The quantitative estimate of drug-likeness (QED) is 0.449. The van der Waals surface area contributed by atoms with Crippen molar-refractivity contribution < 1.29 is 19.5 Å². The molecule has 0 spiro atoms. The second kappa shape index (κ2) is 9.51. The molecule has 2 heterocycles. The molecule has 168 valence electrons. The SMILES string of the molecule is NC(=S)c1csc(CNC(=O)CN2C(=O)c3ccccc3C(CC(=O)O)c3ccccc32)c1. The van der Waals surface area contributed by atoms with E-state index in [-0.39, 0.29) is 31.3 Å². The minimum atomic E-state index is -0.962. The summed E-state index contributed by atoms with van der Waals surface area (Å²) in [4.78, 5) is 40.5. The molecule has 7 nitrogen and oxygen atoms in total. The summed E-state index contributed by atoms with van der Waals surface area (Å²) in [7, 11) is 0. The first-order valence-corrected chi connectivity index (χ1v) is 11.5. The molecular formula is C24H21N3O4S2. The van der Waals surface area contributed by atoms with E-state index in [0.29, 0.717) is 27.4 Å². The number of nitrogens with one attached hydrogen (secondary N) is 1. The lowest BCUT2D eigenvalue weighted by molar-refractivity contribution is -0.137. The second-order valence-electron chi connectivity index (χ2n) is 7.63. The maximum Gasteiger partial charge on any atom is 0.304 e. The molecule has 0 bridgehead atoms. The highest BCUT2D eigenvalue weighted by molar-refractivity contribution is 7.80. The van der Waals surface area contributed by atoms with Gasteiger partial charge >= 0.3 is 5.97 Å². The fourth-order valence-electron chi connectivity index (χ4n) is 3.99. The van der Waals surface area contributed by atoms with Crippen molar-refractivity contribution >= 4 is 52.0 Å². The molecular weight excluding hydrogens is 458 g/mol. The van der Waals surface area contributed by atoms with Crippen LogP contribution in [0.2, 0.25) is 0 Å². The summed E-state index contributed by atoms with van der Waals surface area (Å²) < 4.78 is 0. The van der Waals surface area contributed by atoms with Crippen LogP contribution in [0.1, 0.15) is 44.3 Å². The van der Waals surface area contributed by atoms with Gasteiger partial charge in [-0.2, -0.15) is 0 Å². The largest absolute Gasteiger partial charge is 0.481 e. The number of thiocarbonyl (C=S) groups is 1. The van der Waals surface area contributed by atoms with Gasteiger partial charge < -0.3 is 16.2 Å². The first kappa shape index (κ1) is 22.6. The van der Waals surface area contributed by atoms with E-state index in [1.807, 2.05) is 17.5 Å². The highest BCUT2D eigenvalue weighted by atomic mass is 32.1. The number of carboxylic acids is 1. The van der Waals surface area contributed by atoms with E-state index in [2.05, 4.69) is 5.32 Å². The van der Waals surface area contributed by atoms with Crippen LogP contribution in [0.3, 0.4) is 0 Å². The van der Waals surface area contributed by atoms with E-state index in [4.69, 9.17) is 18.0 Å². The molecule has 0 radical (unpaired) electrons. The Labute approximate surface area is 199 Å². The molecule has 0 saturated carbocycles. The van der Waals surface area contributed by atoms with Gasteiger partial charge in [0.2, 0.25) is 5.91 Å². The minimum absolute atomic E-state index is 0.162. The summed E-state index contributed by atoms with van der Waals surface area (Å²) in [6.07, 6.45) is -0.162. The Morgan fingerprint density at radius 2 is 1.82 bits per heavy atom. The Morgan fingerprint density at radius 1 is 1.12 bits per heavy atom. The van der Waals surface area contributed by atoms with E-state index in [9.17, 15) is 19.5 Å². The normalized spacial score (nSPS) is 14.7. The number of nitrogens with two attached hydrogens (primary N) is 1. The molecule has 1 atom stereocenters. The number of benzene rings is 2. The maximum atomic E-state index is 13.5. The van der Waals surface area contributed by atoms with E-state index in [0.717, 1.165) is 10.4 Å². The number of rotatable bonds is 7. The van der Waals surface area contributed by atoms with Crippen molar-refractivity contribution in [3.63, 3.8) is 0 Å². The molecule has 0 saturated heterocycles. The number of thiophene rings is 1. The molecule has 4 rings (SSSR count). The van der Waals surface area contributed by atoms with Crippen LogP contribution in [0.15, 0.2) is 60.0 Å². The summed E-state index contributed by atoms with van der Waals surface area (Å²) in [6.45, 7) is 0.0888. The summed E-state index contributed by atoms with van der Waals surface area (Å²) in [5, 5.41) is 14.2. The number of nitrogens with zero attached hydrogens (tertiary/aromatic N) is 1. The average molecular weight is 480 g/mol. The van der Waals surface area contributed by atoms with Crippen LogP contribution in [-0.2, 0) is 16.1 Å². The number of anilines is 1. The lowest BCUT2D eigenvalue weighted by atomic mass is 9.86. The molecule has 9 heteroatoms. The van der Waals surface area contributed by atoms with E-state index in [1.54, 1.807) is 42.5 Å². The van der Waals surface area contributed by atoms with Gasteiger partial charge in [0, 0.05) is 33.0 Å². The van der Waals surface area contributed by atoms with Crippen molar-refractivity contribution in [1.29, 1.82) is 0 Å². The summed E-state index contributed by atoms with van der Waals surface area (Å²) in [6, 6.07) is 15.9. The van der Waals surface area contributed by atoms with Crippen LogP contribution in [0, 0.1) is 0 Å². The smallest absolute Gasteiger partial charge is 0.304 e. The third kappa shape index (κ3) is 4.79. The van der Waals surface area contributed by atoms with Gasteiger partial charge in [-0.3, -0.25) is 19.3 Å². The molecule has 3 aromatic rings. The summed E-state index contributed by atoms with van der Waals surface area (Å²) in [5.41, 5.74) is 8.65. The Morgan fingerprint density at radius 3 is 2.52 bits per heavy atom. The van der Waals surface area contributed by atoms with Crippen LogP contribution in [0.25, 0.3) is 0 Å². The lowest BCUT2D eigenvalue weighted by Gasteiger charge is -2.23. The molecule has 0 aliphatic carbocycles. The van der Waals surface area contributed by atoms with E-state index >= 15 is 0 Å². The summed E-state index contributed by atoms with van der Waals surface area (Å²) in [5.74, 6) is -2.14. The first-order valence-electron chi connectivity index (χ1n) is 10.2. The third-order valence-corrected chi connectivity index (χ3v) is 6.67. The fraction of sp³-hybridized carbons (Fsp3) is 0.167. The van der Waals surface area contributed by atoms with Gasteiger partial charge in [-0.05, 0) is 29.3 Å². The molecule has 1 aromatic heterocycles. The van der Waals surface area contributed by atoms with Crippen LogP contribution in [0.4, 0.5) is 5.69 Å². The third-order valence-electron chi connectivity index (χ3n) is 5.49. The highest BCUT2D eigenvalue weighted by Crippen LogP contribution is 2.40. The molecule has 2 amide bonds. The molecule has 4 N–H and O–H groups in total. The predicted molar refractivity (Wildman–Crippen MR) is 131 cm³/mol. The van der Waals surface area contributed by atoms with Crippen molar-refractivity contribution in [3.8, 4) is 0 Å². The Balaban J connectivity index is 1.63. The van der Waals surface area contributed by atoms with Gasteiger partial charge in [0.1, 0.15) is 11.5 Å². The first-order chi connectivity index (χ1) is 15.8. The van der Waals surface area contributed by atoms with Crippen molar-refractivity contribution in [2.75, 3.05) is 11.4 Å². The molecule has 2 aromatic carbocycles. The van der Waals surface area contributed by atoms with Gasteiger partial charge in [-0.1, -0.05) is 48.6 Å². The number of aliphatic carboxylic acids is 1. The Hall–Kier alpha value is -3.56. The van der Waals surface area contributed by atoms with Gasteiger partial charge in [-0.25, -0.2) is 0 Å². The molecule has 0 fully saturated rings. The number of fused-ring (bicyclic) bond motifs is 2. The average Bonchev–Trinajstić information content (AvgIpc) is 3.26. The van der Waals surface area contributed by atoms with E-state index in [1.165, 1.54) is 16.2 Å². The van der Waals surface area contributed by atoms with Gasteiger partial charge in [0.25, 0.3) is 5.91 Å². The van der Waals surface area contributed by atoms with Crippen molar-refractivity contribution in [1.82, 2.24) is 5.32 Å². The Kier molecular flexibility index (Phi) is 6.52. The van der Waals surface area contributed by atoms with Crippen LogP contribution < -0.4 is 16.0 Å². The van der Waals surface area contributed by atoms with Crippen molar-refractivity contribution in [2.45, 2.75) is 18.9 Å². The van der Waals surface area contributed by atoms with Gasteiger partial charge in [-0.15, -0.1) is 11.3 Å². The minimum Gasteiger partial charge on any atom is -0.481 e. The fourth-order valence-corrected chi connectivity index (χ4v) is 5.00. The monoisotopic (exact) mass is 479 g/mol. The van der Waals surface area contributed by atoms with Crippen molar-refractivity contribution in [2.24, 2.45) is 5.73 Å². The summed E-state index contributed by atoms with van der Waals surface area (Å²) >= 11 is 6.40. The van der Waals surface area contributed by atoms with E-state index < -0.39 is 11.9 Å². The van der Waals surface area contributed by atoms with Gasteiger partial charge in [0.05, 0.1) is 13.0 Å². The number of carbonyl (C=O) groups excluding carboxylic acids is 2. The number of para-hydroxylation sites is 1. The molecule has 1 unspecified atom stereocenters. The zero-order valence-electron chi connectivity index (χ0n) is 17.5. The highest BCUT2D eigenvalue weighted by Gasteiger charge is 2.34. The predicted octanol–water partition coefficient (Wildman–Crippen LogP) is 3.27. The van der Waals surface area contributed by atoms with Crippen molar-refractivity contribution in [3.05, 3.63) is 87.1 Å². The Bertz CT molecular complexity index is 1250. The van der Waals surface area contributed by atoms with Crippen LogP contribution in [0.5, 0.6) is 0 Å². The zero-order chi connectivity index (χ0) is 23.5.